The first-order valence-corrected chi connectivity index (χ1v) is 6.94. The van der Waals surface area contributed by atoms with Gasteiger partial charge >= 0.3 is 0 Å². The van der Waals surface area contributed by atoms with E-state index in [1.54, 1.807) is 0 Å². The van der Waals surface area contributed by atoms with Crippen molar-refractivity contribution in [1.82, 2.24) is 0 Å². The molecule has 0 aromatic heterocycles. The molecular formula is C16H25N3. The van der Waals surface area contributed by atoms with E-state index in [0.29, 0.717) is 5.84 Å². The molecule has 3 heteroatoms. The lowest BCUT2D eigenvalue weighted by Crippen LogP contribution is -2.03. The van der Waals surface area contributed by atoms with Gasteiger partial charge < -0.3 is 11.5 Å². The molecule has 4 N–H and O–H groups in total. The summed E-state index contributed by atoms with van der Waals surface area (Å²) in [6, 6.07) is 8.07. The van der Waals surface area contributed by atoms with Crippen LogP contribution in [-0.2, 0) is 6.42 Å². The molecule has 0 aliphatic carbocycles. The van der Waals surface area contributed by atoms with Crippen LogP contribution in [0.1, 0.15) is 45.1 Å². The van der Waals surface area contributed by atoms with Gasteiger partial charge in [0.1, 0.15) is 0 Å². The molecule has 0 radical (unpaired) electrons. The maximum Gasteiger partial charge on any atom is 0.0957 e. The Morgan fingerprint density at radius 3 is 2.74 bits per heavy atom. The molecule has 0 bridgehead atoms. The zero-order valence-corrected chi connectivity index (χ0v) is 12.0. The molecule has 0 aliphatic heterocycles. The monoisotopic (exact) mass is 259 g/mol. The minimum Gasteiger partial charge on any atom is -0.399 e. The number of nitrogen functional groups attached to an aromatic ring is 1. The highest BCUT2D eigenvalue weighted by molar-refractivity contribution is 5.78. The van der Waals surface area contributed by atoms with Gasteiger partial charge in [-0.05, 0) is 50.3 Å². The Kier molecular flexibility index (Phi) is 6.72. The Morgan fingerprint density at radius 1 is 1.32 bits per heavy atom. The van der Waals surface area contributed by atoms with Crippen LogP contribution in [0.3, 0.4) is 0 Å². The van der Waals surface area contributed by atoms with Crippen LogP contribution in [0, 0.1) is 0 Å². The molecule has 0 saturated heterocycles. The van der Waals surface area contributed by atoms with E-state index in [1.165, 1.54) is 24.0 Å². The summed E-state index contributed by atoms with van der Waals surface area (Å²) in [6.45, 7) is 4.01. The number of amidine groups is 1. The molecule has 1 rings (SSSR count). The first kappa shape index (κ1) is 15.3. The minimum atomic E-state index is 0.609. The largest absolute Gasteiger partial charge is 0.399 e. The van der Waals surface area contributed by atoms with Crippen molar-refractivity contribution in [3.8, 4) is 0 Å². The number of nitrogens with two attached hydrogens (primary N) is 2. The second kappa shape index (κ2) is 8.35. The summed E-state index contributed by atoms with van der Waals surface area (Å²) in [4.78, 5) is 4.22. The molecule has 0 atom stereocenters. The first-order chi connectivity index (χ1) is 9.11. The highest BCUT2D eigenvalue weighted by Gasteiger charge is 2.00. The van der Waals surface area contributed by atoms with Crippen molar-refractivity contribution in [3.05, 3.63) is 41.6 Å². The zero-order chi connectivity index (χ0) is 14.1. The van der Waals surface area contributed by atoms with Crippen molar-refractivity contribution in [2.45, 2.75) is 46.0 Å². The van der Waals surface area contributed by atoms with Crippen LogP contribution in [0.4, 0.5) is 5.69 Å². The fourth-order valence-electron chi connectivity index (χ4n) is 1.90. The number of aryl methyl sites for hydroxylation is 1. The van der Waals surface area contributed by atoms with E-state index in [-0.39, 0.29) is 0 Å². The maximum atomic E-state index is 5.79. The summed E-state index contributed by atoms with van der Waals surface area (Å²) in [6.07, 6.45) is 7.43. The van der Waals surface area contributed by atoms with E-state index in [9.17, 15) is 0 Å². The first-order valence-electron chi connectivity index (χ1n) is 6.94. The smallest absolute Gasteiger partial charge is 0.0957 e. The van der Waals surface area contributed by atoms with Gasteiger partial charge in [0, 0.05) is 11.9 Å². The van der Waals surface area contributed by atoms with Gasteiger partial charge in [-0.3, -0.25) is 0 Å². The summed E-state index contributed by atoms with van der Waals surface area (Å²) in [7, 11) is 0. The zero-order valence-electron chi connectivity index (χ0n) is 12.0. The number of benzene rings is 1. The Labute approximate surface area is 116 Å². The average Bonchev–Trinajstić information content (AvgIpc) is 2.37. The van der Waals surface area contributed by atoms with Crippen LogP contribution in [-0.4, -0.2) is 5.84 Å². The van der Waals surface area contributed by atoms with E-state index < -0.39 is 0 Å². The molecule has 0 heterocycles. The van der Waals surface area contributed by atoms with Gasteiger partial charge in [-0.15, -0.1) is 0 Å². The van der Waals surface area contributed by atoms with E-state index >= 15 is 0 Å². The van der Waals surface area contributed by atoms with Crippen LogP contribution in [0.15, 0.2) is 41.0 Å². The van der Waals surface area contributed by atoms with E-state index in [2.05, 4.69) is 18.0 Å². The lowest BCUT2D eigenvalue weighted by molar-refractivity contribution is 0.747. The quantitative estimate of drug-likeness (QED) is 0.446. The number of hydrogen-bond donors (Lipinski definition) is 2. The average molecular weight is 259 g/mol. The lowest BCUT2D eigenvalue weighted by atomic mass is 10.0. The van der Waals surface area contributed by atoms with Crippen molar-refractivity contribution in [1.29, 1.82) is 0 Å². The van der Waals surface area contributed by atoms with Crippen molar-refractivity contribution < 1.29 is 0 Å². The molecule has 0 amide bonds. The molecule has 19 heavy (non-hydrogen) atoms. The summed E-state index contributed by atoms with van der Waals surface area (Å²) in [5.41, 5.74) is 14.8. The second-order valence-corrected chi connectivity index (χ2v) is 4.91. The maximum absolute atomic E-state index is 5.79. The Bertz CT molecular complexity index is 443. The van der Waals surface area contributed by atoms with Crippen molar-refractivity contribution >= 4 is 11.5 Å². The molecular weight excluding hydrogens is 234 g/mol. The highest BCUT2D eigenvalue weighted by atomic mass is 14.8. The summed E-state index contributed by atoms with van der Waals surface area (Å²) in [5, 5.41) is 0. The van der Waals surface area contributed by atoms with Crippen LogP contribution in [0.25, 0.3) is 0 Å². The fourth-order valence-corrected chi connectivity index (χ4v) is 1.90. The predicted octanol–water partition coefficient (Wildman–Crippen LogP) is 3.65. The van der Waals surface area contributed by atoms with E-state index in [1.807, 2.05) is 31.3 Å². The SMILES string of the molecule is CCCC/C(=C\N=C(C)N)CCc1cccc(N)c1. The third kappa shape index (κ3) is 6.65. The van der Waals surface area contributed by atoms with Gasteiger partial charge in [0.15, 0.2) is 0 Å². The summed E-state index contributed by atoms with van der Waals surface area (Å²) >= 11 is 0. The van der Waals surface area contributed by atoms with Gasteiger partial charge in [-0.25, -0.2) is 4.99 Å². The number of hydrogen-bond acceptors (Lipinski definition) is 2. The number of anilines is 1. The van der Waals surface area contributed by atoms with Crippen LogP contribution < -0.4 is 11.5 Å². The second-order valence-electron chi connectivity index (χ2n) is 4.91. The number of unbranched alkanes of at least 4 members (excludes halogenated alkanes) is 1. The number of aliphatic imine (C=N–C) groups is 1. The molecule has 0 fully saturated rings. The Balaban J connectivity index is 2.62. The van der Waals surface area contributed by atoms with Gasteiger partial charge in [-0.1, -0.05) is 31.1 Å². The van der Waals surface area contributed by atoms with Gasteiger partial charge in [0.25, 0.3) is 0 Å². The number of rotatable bonds is 7. The predicted molar refractivity (Wildman–Crippen MR) is 84.1 cm³/mol. The van der Waals surface area contributed by atoms with Gasteiger partial charge in [-0.2, -0.15) is 0 Å². The lowest BCUT2D eigenvalue weighted by Gasteiger charge is -2.07. The highest BCUT2D eigenvalue weighted by Crippen LogP contribution is 2.17. The molecule has 1 aromatic rings. The van der Waals surface area contributed by atoms with Crippen molar-refractivity contribution in [2.75, 3.05) is 5.73 Å². The number of nitrogens with zero attached hydrogens (tertiary/aromatic N) is 1. The number of allylic oxidation sites excluding steroid dienone is 1. The summed E-state index contributed by atoms with van der Waals surface area (Å²) < 4.78 is 0. The van der Waals surface area contributed by atoms with E-state index in [0.717, 1.165) is 24.9 Å². The van der Waals surface area contributed by atoms with Gasteiger partial charge in [0.05, 0.1) is 5.84 Å². The Morgan fingerprint density at radius 2 is 2.11 bits per heavy atom. The van der Waals surface area contributed by atoms with Gasteiger partial charge in [0.2, 0.25) is 0 Å². The van der Waals surface area contributed by atoms with Crippen LogP contribution in [0.5, 0.6) is 0 Å². The standard InChI is InChI=1S/C16H25N3/c1-3-4-6-15(12-19-13(2)17)10-9-14-7-5-8-16(18)11-14/h5,7-8,11-12H,3-4,6,9-10,18H2,1-2H3,(H2,17,19)/b15-12+. The molecule has 0 unspecified atom stereocenters. The molecule has 0 saturated carbocycles. The molecule has 1 aromatic carbocycles. The topological polar surface area (TPSA) is 64.4 Å². The third-order valence-electron chi connectivity index (χ3n) is 2.99. The van der Waals surface area contributed by atoms with Crippen LogP contribution in [0.2, 0.25) is 0 Å². The minimum absolute atomic E-state index is 0.609. The molecule has 104 valence electrons. The normalized spacial score (nSPS) is 12.7. The molecule has 0 spiro atoms. The molecule has 0 aliphatic rings. The van der Waals surface area contributed by atoms with Crippen LogP contribution >= 0.6 is 0 Å². The molecule has 3 nitrogen and oxygen atoms in total. The summed E-state index contributed by atoms with van der Waals surface area (Å²) in [5.74, 6) is 0.609. The van der Waals surface area contributed by atoms with Crippen molar-refractivity contribution in [2.24, 2.45) is 10.7 Å². The fraction of sp³-hybridized carbons (Fsp3) is 0.438. The van der Waals surface area contributed by atoms with E-state index in [4.69, 9.17) is 11.5 Å². The Hall–Kier alpha value is -1.77. The third-order valence-corrected chi connectivity index (χ3v) is 2.99. The van der Waals surface area contributed by atoms with Crippen molar-refractivity contribution in [3.63, 3.8) is 0 Å².